The number of fused-ring (bicyclic) bond motifs is 4. The molecule has 2 heteroatoms. The first-order valence-corrected chi connectivity index (χ1v) is 8.37. The van der Waals surface area contributed by atoms with E-state index in [9.17, 15) is 0 Å². The molecule has 2 heterocycles. The van der Waals surface area contributed by atoms with E-state index >= 15 is 0 Å². The maximum atomic E-state index is 2.82. The molecule has 1 nitrogen and oxygen atoms in total. The summed E-state index contributed by atoms with van der Waals surface area (Å²) in [6.45, 7) is 7.74. The van der Waals surface area contributed by atoms with E-state index in [0.29, 0.717) is 5.41 Å². The van der Waals surface area contributed by atoms with Gasteiger partial charge in [-0.3, -0.25) is 4.90 Å². The van der Waals surface area contributed by atoms with E-state index in [4.69, 9.17) is 0 Å². The van der Waals surface area contributed by atoms with E-state index in [1.54, 1.807) is 10.4 Å². The molecule has 98 valence electrons. The van der Waals surface area contributed by atoms with Crippen LogP contribution in [0.4, 0.5) is 0 Å². The van der Waals surface area contributed by atoms with E-state index in [1.807, 2.05) is 11.3 Å². The van der Waals surface area contributed by atoms with Crippen LogP contribution in [0.15, 0.2) is 11.4 Å². The van der Waals surface area contributed by atoms with Crippen LogP contribution in [0.2, 0.25) is 0 Å². The molecule has 0 spiro atoms. The predicted molar refractivity (Wildman–Crippen MR) is 77.2 cm³/mol. The summed E-state index contributed by atoms with van der Waals surface area (Å²) in [5.74, 6) is 1.86. The van der Waals surface area contributed by atoms with Crippen molar-refractivity contribution in [1.29, 1.82) is 0 Å². The second-order valence-electron chi connectivity index (χ2n) is 6.94. The van der Waals surface area contributed by atoms with Gasteiger partial charge in [0.2, 0.25) is 0 Å². The summed E-state index contributed by atoms with van der Waals surface area (Å²) >= 11 is 2.01. The molecule has 18 heavy (non-hydrogen) atoms. The average Bonchev–Trinajstić information content (AvgIpc) is 3.03. The van der Waals surface area contributed by atoms with E-state index in [-0.39, 0.29) is 0 Å². The van der Waals surface area contributed by atoms with Crippen molar-refractivity contribution in [2.24, 2.45) is 11.8 Å². The molecule has 1 unspecified atom stereocenters. The second-order valence-corrected chi connectivity index (χ2v) is 7.86. The zero-order chi connectivity index (χ0) is 12.3. The summed E-state index contributed by atoms with van der Waals surface area (Å²) in [5.41, 5.74) is 2.12. The van der Waals surface area contributed by atoms with E-state index < -0.39 is 0 Å². The van der Waals surface area contributed by atoms with Gasteiger partial charge in [0.1, 0.15) is 0 Å². The van der Waals surface area contributed by atoms with Gasteiger partial charge < -0.3 is 0 Å². The Kier molecular flexibility index (Phi) is 2.44. The molecule has 2 bridgehead atoms. The van der Waals surface area contributed by atoms with Gasteiger partial charge in [-0.05, 0) is 61.1 Å². The molecular formula is C16H23NS. The number of likely N-dealkylation sites (tertiary alicyclic amines) is 1. The SMILES string of the molecule is C[C@H]1C2Cc3ccsc3[C@]1(C)CCN2CC1CC1. The van der Waals surface area contributed by atoms with Crippen LogP contribution in [0, 0.1) is 11.8 Å². The van der Waals surface area contributed by atoms with Crippen molar-refractivity contribution in [1.82, 2.24) is 4.90 Å². The van der Waals surface area contributed by atoms with E-state index in [2.05, 4.69) is 30.2 Å². The Hall–Kier alpha value is -0.340. The molecule has 1 saturated heterocycles. The van der Waals surface area contributed by atoms with Crippen molar-refractivity contribution in [3.8, 4) is 0 Å². The van der Waals surface area contributed by atoms with Crippen LogP contribution in [0.25, 0.3) is 0 Å². The number of piperidine rings is 1. The molecule has 0 radical (unpaired) electrons. The topological polar surface area (TPSA) is 3.24 Å². The van der Waals surface area contributed by atoms with Crippen LogP contribution in [0.5, 0.6) is 0 Å². The van der Waals surface area contributed by atoms with Crippen LogP contribution in [-0.4, -0.2) is 24.0 Å². The smallest absolute Gasteiger partial charge is 0.0170 e. The van der Waals surface area contributed by atoms with Crippen molar-refractivity contribution in [2.45, 2.75) is 51.0 Å². The summed E-state index contributed by atoms with van der Waals surface area (Å²) in [6.07, 6.45) is 5.64. The van der Waals surface area contributed by atoms with Crippen LogP contribution >= 0.6 is 11.3 Å². The lowest BCUT2D eigenvalue weighted by atomic mass is 9.62. The third-order valence-corrected chi connectivity index (χ3v) is 7.09. The maximum Gasteiger partial charge on any atom is 0.0170 e. The lowest BCUT2D eigenvalue weighted by Crippen LogP contribution is -2.57. The number of hydrogen-bond acceptors (Lipinski definition) is 2. The number of thiophene rings is 1. The molecule has 4 rings (SSSR count). The molecule has 1 aromatic heterocycles. The normalized spacial score (nSPS) is 39.7. The van der Waals surface area contributed by atoms with Gasteiger partial charge >= 0.3 is 0 Å². The number of rotatable bonds is 2. The molecule has 1 aliphatic heterocycles. The second kappa shape index (κ2) is 3.83. The first-order valence-electron chi connectivity index (χ1n) is 7.49. The van der Waals surface area contributed by atoms with Crippen LogP contribution in [0.1, 0.15) is 43.6 Å². The zero-order valence-electron chi connectivity index (χ0n) is 11.5. The minimum atomic E-state index is 0.465. The Morgan fingerprint density at radius 1 is 1.44 bits per heavy atom. The molecular weight excluding hydrogens is 238 g/mol. The van der Waals surface area contributed by atoms with Crippen LogP contribution < -0.4 is 0 Å². The lowest BCUT2D eigenvalue weighted by Gasteiger charge is -2.53. The fourth-order valence-electron chi connectivity index (χ4n) is 4.22. The minimum absolute atomic E-state index is 0.465. The van der Waals surface area contributed by atoms with Gasteiger partial charge in [-0.25, -0.2) is 0 Å². The summed E-state index contributed by atoms with van der Waals surface area (Å²) < 4.78 is 0. The summed E-state index contributed by atoms with van der Waals surface area (Å²) in [4.78, 5) is 4.53. The van der Waals surface area contributed by atoms with Gasteiger partial charge in [0, 0.05) is 22.9 Å². The Morgan fingerprint density at radius 2 is 2.28 bits per heavy atom. The minimum Gasteiger partial charge on any atom is -0.299 e. The molecule has 1 aromatic rings. The highest BCUT2D eigenvalue weighted by atomic mass is 32.1. The van der Waals surface area contributed by atoms with Gasteiger partial charge in [0.15, 0.2) is 0 Å². The van der Waals surface area contributed by atoms with Crippen molar-refractivity contribution in [2.75, 3.05) is 13.1 Å². The molecule has 3 aliphatic rings. The van der Waals surface area contributed by atoms with Crippen LogP contribution in [0.3, 0.4) is 0 Å². The lowest BCUT2D eigenvalue weighted by molar-refractivity contribution is 0.0305. The Labute approximate surface area is 114 Å². The monoisotopic (exact) mass is 261 g/mol. The zero-order valence-corrected chi connectivity index (χ0v) is 12.3. The Balaban J connectivity index is 1.68. The van der Waals surface area contributed by atoms with E-state index in [1.165, 1.54) is 38.8 Å². The highest BCUT2D eigenvalue weighted by molar-refractivity contribution is 7.10. The molecule has 2 fully saturated rings. The Bertz CT molecular complexity index is 461. The maximum absolute atomic E-state index is 2.82. The van der Waals surface area contributed by atoms with Gasteiger partial charge in [-0.15, -0.1) is 11.3 Å². The van der Waals surface area contributed by atoms with Crippen molar-refractivity contribution < 1.29 is 0 Å². The van der Waals surface area contributed by atoms with Gasteiger partial charge in [-0.2, -0.15) is 0 Å². The molecule has 0 amide bonds. The first kappa shape index (κ1) is 11.5. The average molecular weight is 261 g/mol. The fourth-order valence-corrected chi connectivity index (χ4v) is 5.45. The molecule has 2 aliphatic carbocycles. The molecule has 3 atom stereocenters. The number of hydrogen-bond donors (Lipinski definition) is 0. The summed E-state index contributed by atoms with van der Waals surface area (Å²) in [5, 5.41) is 2.31. The van der Waals surface area contributed by atoms with Gasteiger partial charge in [0.05, 0.1) is 0 Å². The third-order valence-electron chi connectivity index (χ3n) is 5.85. The van der Waals surface area contributed by atoms with Crippen molar-refractivity contribution in [3.05, 3.63) is 21.9 Å². The highest BCUT2D eigenvalue weighted by Gasteiger charge is 2.49. The number of nitrogens with zero attached hydrogens (tertiary/aromatic N) is 1. The predicted octanol–water partition coefficient (Wildman–Crippen LogP) is 3.68. The summed E-state index contributed by atoms with van der Waals surface area (Å²) in [6, 6.07) is 3.20. The summed E-state index contributed by atoms with van der Waals surface area (Å²) in [7, 11) is 0. The van der Waals surface area contributed by atoms with E-state index in [0.717, 1.165) is 17.9 Å². The van der Waals surface area contributed by atoms with Crippen LogP contribution in [-0.2, 0) is 11.8 Å². The molecule has 1 saturated carbocycles. The Morgan fingerprint density at radius 3 is 3.06 bits per heavy atom. The van der Waals surface area contributed by atoms with Crippen molar-refractivity contribution >= 4 is 11.3 Å². The quantitative estimate of drug-likeness (QED) is 0.785. The largest absolute Gasteiger partial charge is 0.299 e. The van der Waals surface area contributed by atoms with Gasteiger partial charge in [-0.1, -0.05) is 13.8 Å². The van der Waals surface area contributed by atoms with Crippen molar-refractivity contribution in [3.63, 3.8) is 0 Å². The highest BCUT2D eigenvalue weighted by Crippen LogP contribution is 2.51. The molecule has 0 N–H and O–H groups in total. The first-order chi connectivity index (χ1) is 8.68. The standard InChI is InChI=1S/C16H23NS/c1-11-14-9-13-5-8-18-15(13)16(11,2)6-7-17(14)10-12-3-4-12/h5,8,11-12,14H,3-4,6-7,9-10H2,1-2H3/t11-,14?,16+/m0/s1. The third kappa shape index (κ3) is 1.55. The molecule has 0 aromatic carbocycles. The van der Waals surface area contributed by atoms with Gasteiger partial charge in [0.25, 0.3) is 0 Å². The fraction of sp³-hybridized carbons (Fsp3) is 0.750.